The quantitative estimate of drug-likeness (QED) is 0.845. The van der Waals surface area contributed by atoms with Crippen LogP contribution in [0.2, 0.25) is 0 Å². The van der Waals surface area contributed by atoms with Gasteiger partial charge in [-0.2, -0.15) is 0 Å². The molecule has 0 bridgehead atoms. The van der Waals surface area contributed by atoms with E-state index in [0.717, 1.165) is 4.47 Å². The zero-order chi connectivity index (χ0) is 11.7. The highest BCUT2D eigenvalue weighted by molar-refractivity contribution is 9.10. The molecule has 0 unspecified atom stereocenters. The van der Waals surface area contributed by atoms with Crippen LogP contribution in [0, 0.1) is 5.92 Å². The molecule has 1 aromatic carbocycles. The fraction of sp³-hybridized carbons (Fsp3) is 0.273. The molecule has 1 heterocycles. The van der Waals surface area contributed by atoms with Crippen molar-refractivity contribution < 1.29 is 19.4 Å². The molecule has 1 saturated heterocycles. The average molecular weight is 285 g/mol. The molecule has 1 aliphatic heterocycles. The molecule has 2 rings (SSSR count). The van der Waals surface area contributed by atoms with Crippen LogP contribution in [0.25, 0.3) is 0 Å². The van der Waals surface area contributed by atoms with E-state index in [1.165, 1.54) is 0 Å². The summed E-state index contributed by atoms with van der Waals surface area (Å²) in [5.41, 5.74) is 0.702. The minimum atomic E-state index is -1.00. The number of halogens is 1. The molecule has 16 heavy (non-hydrogen) atoms. The fourth-order valence-electron chi connectivity index (χ4n) is 1.76. The van der Waals surface area contributed by atoms with E-state index in [9.17, 15) is 9.59 Å². The number of ether oxygens (including phenoxy) is 1. The number of aliphatic carboxylic acids is 1. The van der Waals surface area contributed by atoms with Crippen LogP contribution < -0.4 is 0 Å². The smallest absolute Gasteiger partial charge is 0.311 e. The second-order valence-electron chi connectivity index (χ2n) is 3.61. The Balaban J connectivity index is 2.32. The van der Waals surface area contributed by atoms with E-state index >= 15 is 0 Å². The Morgan fingerprint density at radius 3 is 2.88 bits per heavy atom. The van der Waals surface area contributed by atoms with Gasteiger partial charge in [-0.3, -0.25) is 9.59 Å². The standard InChI is InChI=1S/C11H9BrO4/c12-7-3-1-2-6(4-7)10-8(11(14)15)5-9(13)16-10/h1-4,8,10H,5H2,(H,14,15)/t8-,10-/m1/s1. The van der Waals surface area contributed by atoms with Gasteiger partial charge in [0, 0.05) is 4.47 Å². The number of benzene rings is 1. The summed E-state index contributed by atoms with van der Waals surface area (Å²) < 4.78 is 5.87. The maximum absolute atomic E-state index is 11.1. The Labute approximate surface area is 100 Å². The molecule has 2 atom stereocenters. The molecule has 0 aliphatic carbocycles. The van der Waals surface area contributed by atoms with Gasteiger partial charge in [0.2, 0.25) is 0 Å². The third-order valence-electron chi connectivity index (χ3n) is 2.50. The van der Waals surface area contributed by atoms with Crippen molar-refractivity contribution in [1.29, 1.82) is 0 Å². The van der Waals surface area contributed by atoms with Crippen molar-refractivity contribution in [2.75, 3.05) is 0 Å². The first-order chi connectivity index (χ1) is 7.58. The summed E-state index contributed by atoms with van der Waals surface area (Å²) in [6, 6.07) is 7.13. The summed E-state index contributed by atoms with van der Waals surface area (Å²) in [7, 11) is 0. The van der Waals surface area contributed by atoms with Crippen molar-refractivity contribution in [3.8, 4) is 0 Å². The van der Waals surface area contributed by atoms with Gasteiger partial charge in [0.15, 0.2) is 0 Å². The number of hydrogen-bond acceptors (Lipinski definition) is 3. The molecule has 1 fully saturated rings. The number of carbonyl (C=O) groups is 2. The Hall–Kier alpha value is -1.36. The lowest BCUT2D eigenvalue weighted by molar-refractivity contribution is -0.144. The van der Waals surface area contributed by atoms with Crippen molar-refractivity contribution in [2.24, 2.45) is 5.92 Å². The van der Waals surface area contributed by atoms with Crippen LogP contribution in [0.5, 0.6) is 0 Å². The Morgan fingerprint density at radius 2 is 2.25 bits per heavy atom. The highest BCUT2D eigenvalue weighted by Crippen LogP contribution is 2.36. The lowest BCUT2D eigenvalue weighted by atomic mass is 9.95. The van der Waals surface area contributed by atoms with Gasteiger partial charge in [0.1, 0.15) is 12.0 Å². The Morgan fingerprint density at radius 1 is 1.50 bits per heavy atom. The zero-order valence-corrected chi connectivity index (χ0v) is 9.81. The lowest BCUT2D eigenvalue weighted by Gasteiger charge is -2.14. The monoisotopic (exact) mass is 284 g/mol. The lowest BCUT2D eigenvalue weighted by Crippen LogP contribution is -2.17. The van der Waals surface area contributed by atoms with Crippen molar-refractivity contribution >= 4 is 27.9 Å². The minimum Gasteiger partial charge on any atom is -0.481 e. The van der Waals surface area contributed by atoms with E-state index in [2.05, 4.69) is 15.9 Å². The third-order valence-corrected chi connectivity index (χ3v) is 3.00. The average Bonchev–Trinajstić information content (AvgIpc) is 2.60. The second-order valence-corrected chi connectivity index (χ2v) is 4.53. The number of carbonyl (C=O) groups excluding carboxylic acids is 1. The van der Waals surface area contributed by atoms with Crippen molar-refractivity contribution in [1.82, 2.24) is 0 Å². The van der Waals surface area contributed by atoms with Gasteiger partial charge in [-0.15, -0.1) is 0 Å². The molecule has 0 amide bonds. The van der Waals surface area contributed by atoms with Crippen LogP contribution in [0.4, 0.5) is 0 Å². The van der Waals surface area contributed by atoms with Gasteiger partial charge in [-0.05, 0) is 17.7 Å². The Bertz CT molecular complexity index is 443. The summed E-state index contributed by atoms with van der Waals surface area (Å²) in [5, 5.41) is 8.99. The molecular weight excluding hydrogens is 276 g/mol. The van der Waals surface area contributed by atoms with Crippen molar-refractivity contribution in [3.63, 3.8) is 0 Å². The molecule has 0 spiro atoms. The number of carboxylic acid groups (broad SMARTS) is 1. The van der Waals surface area contributed by atoms with Crippen LogP contribution >= 0.6 is 15.9 Å². The second kappa shape index (κ2) is 4.25. The molecule has 0 radical (unpaired) electrons. The van der Waals surface area contributed by atoms with Crippen molar-refractivity contribution in [3.05, 3.63) is 34.3 Å². The first kappa shape index (κ1) is 11.1. The van der Waals surface area contributed by atoms with E-state index in [-0.39, 0.29) is 6.42 Å². The van der Waals surface area contributed by atoms with E-state index in [1.54, 1.807) is 18.2 Å². The van der Waals surface area contributed by atoms with Crippen molar-refractivity contribution in [2.45, 2.75) is 12.5 Å². The number of rotatable bonds is 2. The van der Waals surface area contributed by atoms with E-state index < -0.39 is 24.0 Å². The largest absolute Gasteiger partial charge is 0.481 e. The molecule has 5 heteroatoms. The van der Waals surface area contributed by atoms with Crippen LogP contribution in [0.15, 0.2) is 28.7 Å². The first-order valence-electron chi connectivity index (χ1n) is 4.75. The van der Waals surface area contributed by atoms with E-state index in [4.69, 9.17) is 9.84 Å². The van der Waals surface area contributed by atoms with Gasteiger partial charge in [-0.1, -0.05) is 28.1 Å². The van der Waals surface area contributed by atoms with Crippen LogP contribution in [0.3, 0.4) is 0 Å². The summed E-state index contributed by atoms with van der Waals surface area (Å²) in [6.45, 7) is 0. The zero-order valence-electron chi connectivity index (χ0n) is 8.22. The van der Waals surface area contributed by atoms with Gasteiger partial charge >= 0.3 is 11.9 Å². The topological polar surface area (TPSA) is 63.6 Å². The molecular formula is C11H9BrO4. The molecule has 1 aromatic rings. The third kappa shape index (κ3) is 2.09. The Kier molecular flexibility index (Phi) is 2.96. The number of carboxylic acids is 1. The minimum absolute atomic E-state index is 0.0630. The molecule has 0 saturated carbocycles. The molecule has 84 valence electrons. The van der Waals surface area contributed by atoms with Gasteiger partial charge in [-0.25, -0.2) is 0 Å². The van der Waals surface area contributed by atoms with Crippen LogP contribution in [0.1, 0.15) is 18.1 Å². The van der Waals surface area contributed by atoms with Crippen LogP contribution in [-0.4, -0.2) is 17.0 Å². The van der Waals surface area contributed by atoms with E-state index in [1.807, 2.05) is 6.07 Å². The number of hydrogen-bond donors (Lipinski definition) is 1. The summed E-state index contributed by atoms with van der Waals surface area (Å²) in [5.74, 6) is -2.25. The summed E-state index contributed by atoms with van der Waals surface area (Å²) >= 11 is 3.29. The molecule has 0 aromatic heterocycles. The molecule has 1 aliphatic rings. The predicted octanol–water partition coefficient (Wildman–Crippen LogP) is 2.14. The van der Waals surface area contributed by atoms with E-state index in [0.29, 0.717) is 5.56 Å². The highest BCUT2D eigenvalue weighted by atomic mass is 79.9. The highest BCUT2D eigenvalue weighted by Gasteiger charge is 2.40. The SMILES string of the molecule is O=C1C[C@@H](C(=O)O)[C@@H](c2cccc(Br)c2)O1. The van der Waals surface area contributed by atoms with Gasteiger partial charge in [0.25, 0.3) is 0 Å². The normalized spacial score (nSPS) is 24.2. The first-order valence-corrected chi connectivity index (χ1v) is 5.55. The summed E-state index contributed by atoms with van der Waals surface area (Å²) in [6.07, 6.45) is -0.741. The summed E-state index contributed by atoms with van der Waals surface area (Å²) in [4.78, 5) is 22.1. The van der Waals surface area contributed by atoms with Gasteiger partial charge < -0.3 is 9.84 Å². The number of esters is 1. The molecule has 4 nitrogen and oxygen atoms in total. The molecule has 1 N–H and O–H groups in total. The maximum Gasteiger partial charge on any atom is 0.311 e. The number of cyclic esters (lactones) is 1. The van der Waals surface area contributed by atoms with Crippen LogP contribution in [-0.2, 0) is 14.3 Å². The maximum atomic E-state index is 11.1. The predicted molar refractivity (Wildman–Crippen MR) is 58.7 cm³/mol. The fourth-order valence-corrected chi connectivity index (χ4v) is 2.18. The van der Waals surface area contributed by atoms with Gasteiger partial charge in [0.05, 0.1) is 6.42 Å².